The van der Waals surface area contributed by atoms with Crippen molar-refractivity contribution in [1.82, 2.24) is 5.32 Å². The molecule has 0 aliphatic carbocycles. The molecule has 1 atom stereocenters. The van der Waals surface area contributed by atoms with Gasteiger partial charge in [-0.05, 0) is 78.3 Å². The summed E-state index contributed by atoms with van der Waals surface area (Å²) in [6.07, 6.45) is -3.59. The standard InChI is InChI=1S/C28H33N3O3.C2HF3O2/c1-4-27(33)31-26-11-10-21(14-20-8-6-5-7-9-20)15-22(26)17-30-28(34)25(29)16-24-18(2)12-23(32)13-19(24)3;3-2(4,5)1(6)7/h5-13,15,25,32H,4,14,16-17,29H2,1-3H3,(H,30,34)(H,31,33);(H,6,7)/t25-;/m0./s1. The average molecular weight is 574 g/mol. The third-order valence-electron chi connectivity index (χ3n) is 6.15. The molecule has 3 rings (SSSR count). The van der Waals surface area contributed by atoms with E-state index in [1.807, 2.05) is 50.2 Å². The lowest BCUT2D eigenvalue weighted by Gasteiger charge is -2.18. The van der Waals surface area contributed by atoms with Gasteiger partial charge in [-0.3, -0.25) is 9.59 Å². The molecule has 0 radical (unpaired) electrons. The fourth-order valence-electron chi connectivity index (χ4n) is 4.01. The van der Waals surface area contributed by atoms with Crippen molar-refractivity contribution < 1.29 is 37.8 Å². The van der Waals surface area contributed by atoms with Gasteiger partial charge in [0.05, 0.1) is 6.04 Å². The molecule has 0 fully saturated rings. The molecule has 2 amide bonds. The van der Waals surface area contributed by atoms with E-state index in [1.165, 1.54) is 5.56 Å². The Balaban J connectivity index is 0.000000745. The number of aryl methyl sites for hydroxylation is 2. The summed E-state index contributed by atoms with van der Waals surface area (Å²) >= 11 is 0. The Morgan fingerprint density at radius 3 is 2.07 bits per heavy atom. The predicted octanol–water partition coefficient (Wildman–Crippen LogP) is 4.77. The molecule has 3 aromatic rings. The molecule has 0 aliphatic heterocycles. The zero-order valence-corrected chi connectivity index (χ0v) is 23.0. The SMILES string of the molecule is CCC(=O)Nc1ccc(Cc2ccccc2)cc1CNC(=O)[C@@H](N)Cc1c(C)cc(O)cc1C.O=C(O)C(F)(F)F. The van der Waals surface area contributed by atoms with Gasteiger partial charge in [-0.15, -0.1) is 0 Å². The molecule has 220 valence electrons. The first-order chi connectivity index (χ1) is 19.2. The van der Waals surface area contributed by atoms with Crippen molar-refractivity contribution in [2.45, 2.75) is 58.8 Å². The molecule has 0 heterocycles. The molecule has 11 heteroatoms. The smallest absolute Gasteiger partial charge is 0.490 e. The van der Waals surface area contributed by atoms with Crippen molar-refractivity contribution in [3.8, 4) is 5.75 Å². The monoisotopic (exact) mass is 573 g/mol. The highest BCUT2D eigenvalue weighted by Gasteiger charge is 2.38. The highest BCUT2D eigenvalue weighted by atomic mass is 19.4. The molecule has 3 aromatic carbocycles. The van der Waals surface area contributed by atoms with Crippen molar-refractivity contribution in [2.75, 3.05) is 5.32 Å². The fraction of sp³-hybridized carbons (Fsp3) is 0.300. The number of carbonyl (C=O) groups is 3. The maximum absolute atomic E-state index is 12.8. The number of anilines is 1. The summed E-state index contributed by atoms with van der Waals surface area (Å²) in [5.41, 5.74) is 12.8. The molecule has 0 unspecified atom stereocenters. The number of phenols is 1. The summed E-state index contributed by atoms with van der Waals surface area (Å²) in [5.74, 6) is -2.91. The van der Waals surface area contributed by atoms with Crippen LogP contribution in [0.15, 0.2) is 60.7 Å². The second-order valence-electron chi connectivity index (χ2n) is 9.45. The van der Waals surface area contributed by atoms with Crippen LogP contribution in [0.4, 0.5) is 18.9 Å². The number of alkyl halides is 3. The normalized spacial score (nSPS) is 11.6. The highest BCUT2D eigenvalue weighted by molar-refractivity contribution is 5.91. The quantitative estimate of drug-likeness (QED) is 0.250. The van der Waals surface area contributed by atoms with Gasteiger partial charge in [0.2, 0.25) is 11.8 Å². The Kier molecular flexibility index (Phi) is 11.9. The number of phenolic OH excluding ortho intramolecular Hbond substituents is 1. The first-order valence-corrected chi connectivity index (χ1v) is 12.8. The number of amides is 2. The molecule has 0 saturated carbocycles. The first-order valence-electron chi connectivity index (χ1n) is 12.8. The van der Waals surface area contributed by atoms with Gasteiger partial charge in [0.25, 0.3) is 0 Å². The van der Waals surface area contributed by atoms with Crippen molar-refractivity contribution in [1.29, 1.82) is 0 Å². The van der Waals surface area contributed by atoms with Crippen molar-refractivity contribution in [2.24, 2.45) is 5.73 Å². The van der Waals surface area contributed by atoms with Gasteiger partial charge in [-0.25, -0.2) is 4.79 Å². The van der Waals surface area contributed by atoms with Gasteiger partial charge < -0.3 is 26.6 Å². The minimum absolute atomic E-state index is 0.0848. The number of hydrogen-bond donors (Lipinski definition) is 5. The molecule has 0 aliphatic rings. The Morgan fingerprint density at radius 1 is 0.951 bits per heavy atom. The van der Waals surface area contributed by atoms with Crippen molar-refractivity contribution in [3.05, 3.63) is 94.0 Å². The van der Waals surface area contributed by atoms with Crippen LogP contribution in [-0.4, -0.2) is 40.2 Å². The number of carbonyl (C=O) groups excluding carboxylic acids is 2. The second-order valence-corrected chi connectivity index (χ2v) is 9.45. The van der Waals surface area contributed by atoms with E-state index in [4.69, 9.17) is 15.6 Å². The van der Waals surface area contributed by atoms with Crippen LogP contribution in [0, 0.1) is 13.8 Å². The van der Waals surface area contributed by atoms with Crippen LogP contribution in [0.5, 0.6) is 5.75 Å². The number of carboxylic acids is 1. The van der Waals surface area contributed by atoms with Gasteiger partial charge in [0, 0.05) is 18.7 Å². The maximum Gasteiger partial charge on any atom is 0.490 e. The van der Waals surface area contributed by atoms with Gasteiger partial charge in [-0.2, -0.15) is 13.2 Å². The molecule has 0 saturated heterocycles. The Bertz CT molecular complexity index is 1340. The zero-order valence-electron chi connectivity index (χ0n) is 23.0. The lowest BCUT2D eigenvalue weighted by atomic mass is 9.96. The van der Waals surface area contributed by atoms with Crippen LogP contribution in [-0.2, 0) is 33.8 Å². The summed E-state index contributed by atoms with van der Waals surface area (Å²) in [6, 6.07) is 18.6. The van der Waals surface area contributed by atoms with E-state index in [1.54, 1.807) is 19.1 Å². The predicted molar refractivity (Wildman–Crippen MR) is 149 cm³/mol. The van der Waals surface area contributed by atoms with Crippen LogP contribution < -0.4 is 16.4 Å². The van der Waals surface area contributed by atoms with Gasteiger partial charge in [0.1, 0.15) is 5.75 Å². The molecule has 0 bridgehead atoms. The largest absolute Gasteiger partial charge is 0.508 e. The van der Waals surface area contributed by atoms with Gasteiger partial charge in [0.15, 0.2) is 0 Å². The number of nitrogens with two attached hydrogens (primary N) is 1. The lowest BCUT2D eigenvalue weighted by molar-refractivity contribution is -0.192. The average Bonchev–Trinajstić information content (AvgIpc) is 2.90. The van der Waals surface area contributed by atoms with E-state index in [0.717, 1.165) is 34.2 Å². The summed E-state index contributed by atoms with van der Waals surface area (Å²) in [4.78, 5) is 33.7. The van der Waals surface area contributed by atoms with Crippen molar-refractivity contribution in [3.63, 3.8) is 0 Å². The Hall–Kier alpha value is -4.38. The summed E-state index contributed by atoms with van der Waals surface area (Å²) in [6.45, 7) is 5.84. The number of benzene rings is 3. The van der Waals surface area contributed by atoms with E-state index in [9.17, 15) is 27.9 Å². The maximum atomic E-state index is 12.8. The van der Waals surface area contributed by atoms with Crippen molar-refractivity contribution >= 4 is 23.5 Å². The topological polar surface area (TPSA) is 142 Å². The highest BCUT2D eigenvalue weighted by Crippen LogP contribution is 2.23. The van der Waals surface area contributed by atoms with E-state index in [2.05, 4.69) is 22.8 Å². The first kappa shape index (κ1) is 32.8. The Labute approximate surface area is 236 Å². The minimum Gasteiger partial charge on any atom is -0.508 e. The van der Waals surface area contributed by atoms with E-state index in [-0.39, 0.29) is 24.1 Å². The number of halogens is 3. The van der Waals surface area contributed by atoms with Gasteiger partial charge >= 0.3 is 12.1 Å². The van der Waals surface area contributed by atoms with Crippen LogP contribution >= 0.6 is 0 Å². The van der Waals surface area contributed by atoms with Gasteiger partial charge in [-0.1, -0.05) is 49.4 Å². The minimum atomic E-state index is -5.08. The van der Waals surface area contributed by atoms with E-state index >= 15 is 0 Å². The van der Waals surface area contributed by atoms with Crippen LogP contribution in [0.3, 0.4) is 0 Å². The van der Waals surface area contributed by atoms with E-state index < -0.39 is 18.2 Å². The summed E-state index contributed by atoms with van der Waals surface area (Å²) in [7, 11) is 0. The molecule has 0 aromatic heterocycles. The third kappa shape index (κ3) is 10.6. The number of aromatic hydroxyl groups is 1. The summed E-state index contributed by atoms with van der Waals surface area (Å²) in [5, 5.41) is 22.7. The number of nitrogens with one attached hydrogen (secondary N) is 2. The zero-order chi connectivity index (χ0) is 30.7. The molecule has 41 heavy (non-hydrogen) atoms. The van der Waals surface area contributed by atoms with Crippen LogP contribution in [0.1, 0.15) is 46.7 Å². The third-order valence-corrected chi connectivity index (χ3v) is 6.15. The summed E-state index contributed by atoms with van der Waals surface area (Å²) < 4.78 is 31.7. The van der Waals surface area contributed by atoms with E-state index in [0.29, 0.717) is 18.5 Å². The number of carboxylic acid groups (broad SMARTS) is 1. The molecule has 0 spiro atoms. The van der Waals surface area contributed by atoms with Crippen LogP contribution in [0.25, 0.3) is 0 Å². The molecule has 8 nitrogen and oxygen atoms in total. The number of hydrogen-bond acceptors (Lipinski definition) is 5. The molecular formula is C30H34F3N3O5. The molecular weight excluding hydrogens is 539 g/mol. The number of aliphatic carboxylic acids is 1. The Morgan fingerprint density at radius 2 is 1.54 bits per heavy atom. The van der Waals surface area contributed by atoms with Crippen LogP contribution in [0.2, 0.25) is 0 Å². The fourth-order valence-corrected chi connectivity index (χ4v) is 4.01. The number of rotatable bonds is 9. The second kappa shape index (κ2) is 14.8. The molecule has 6 N–H and O–H groups in total. The lowest BCUT2D eigenvalue weighted by Crippen LogP contribution is -2.42.